The van der Waals surface area contributed by atoms with Gasteiger partial charge in [0, 0.05) is 26.2 Å². The lowest BCUT2D eigenvalue weighted by atomic mass is 10.1. The van der Waals surface area contributed by atoms with Crippen molar-refractivity contribution in [2.45, 2.75) is 39.8 Å². The van der Waals surface area contributed by atoms with Gasteiger partial charge < -0.3 is 14.7 Å². The summed E-state index contributed by atoms with van der Waals surface area (Å²) < 4.78 is 5.85. The molecule has 1 aromatic carbocycles. The van der Waals surface area contributed by atoms with Crippen molar-refractivity contribution in [1.82, 2.24) is 9.80 Å². The monoisotopic (exact) mass is 334 g/mol. The molecular weight excluding hydrogens is 308 g/mol. The minimum absolute atomic E-state index is 0.0569. The number of carbonyl (C=O) groups excluding carboxylic acids is 1. The van der Waals surface area contributed by atoms with E-state index in [9.17, 15) is 9.59 Å². The first kappa shape index (κ1) is 18.3. The zero-order valence-corrected chi connectivity index (χ0v) is 14.8. The van der Waals surface area contributed by atoms with Crippen LogP contribution in [0.4, 0.5) is 0 Å². The Bertz CT molecular complexity index is 609. The summed E-state index contributed by atoms with van der Waals surface area (Å²) in [7, 11) is 0. The van der Waals surface area contributed by atoms with Gasteiger partial charge in [-0.3, -0.25) is 14.5 Å². The first-order valence-corrected chi connectivity index (χ1v) is 8.29. The van der Waals surface area contributed by atoms with Gasteiger partial charge in [-0.1, -0.05) is 12.1 Å². The maximum atomic E-state index is 12.6. The number of nitrogens with zero attached hydrogens (tertiary/aromatic N) is 2. The molecular formula is C18H26N2O4. The van der Waals surface area contributed by atoms with Crippen molar-refractivity contribution < 1.29 is 19.4 Å². The fourth-order valence-corrected chi connectivity index (χ4v) is 2.82. The van der Waals surface area contributed by atoms with Crippen LogP contribution in [0.3, 0.4) is 0 Å². The lowest BCUT2D eigenvalue weighted by molar-refractivity contribution is -0.145. The maximum Gasteiger partial charge on any atom is 0.320 e. The van der Waals surface area contributed by atoms with E-state index in [0.29, 0.717) is 26.2 Å². The van der Waals surface area contributed by atoms with E-state index in [4.69, 9.17) is 9.84 Å². The molecule has 1 amide bonds. The highest BCUT2D eigenvalue weighted by atomic mass is 16.5. The van der Waals surface area contributed by atoms with Crippen LogP contribution in [0.1, 0.15) is 25.0 Å². The van der Waals surface area contributed by atoms with Crippen molar-refractivity contribution in [3.05, 3.63) is 29.3 Å². The number of piperazine rings is 1. The molecule has 6 heteroatoms. The SMILES string of the molecule is Cc1ccc(C)c(O[C@@H](C)C(=O)N2CCN([C@H](C)C(=O)O)CC2)c1. The van der Waals surface area contributed by atoms with Crippen LogP contribution in [-0.2, 0) is 9.59 Å². The van der Waals surface area contributed by atoms with E-state index in [2.05, 4.69) is 0 Å². The molecule has 0 bridgehead atoms. The second-order valence-corrected chi connectivity index (χ2v) is 6.40. The third-order valence-electron chi connectivity index (χ3n) is 4.53. The maximum absolute atomic E-state index is 12.6. The Morgan fingerprint density at radius 3 is 2.33 bits per heavy atom. The molecule has 2 rings (SSSR count). The van der Waals surface area contributed by atoms with E-state index < -0.39 is 18.1 Å². The van der Waals surface area contributed by atoms with Gasteiger partial charge in [0.15, 0.2) is 6.10 Å². The van der Waals surface area contributed by atoms with Crippen molar-refractivity contribution in [2.24, 2.45) is 0 Å². The number of hydrogen-bond acceptors (Lipinski definition) is 4. The largest absolute Gasteiger partial charge is 0.481 e. The van der Waals surface area contributed by atoms with Gasteiger partial charge >= 0.3 is 5.97 Å². The number of aliphatic carboxylic acids is 1. The Hall–Kier alpha value is -2.08. The van der Waals surface area contributed by atoms with Gasteiger partial charge in [0.2, 0.25) is 0 Å². The summed E-state index contributed by atoms with van der Waals surface area (Å²) in [6, 6.07) is 5.41. The molecule has 2 atom stereocenters. The molecule has 1 aromatic rings. The van der Waals surface area contributed by atoms with Crippen LogP contribution in [0.25, 0.3) is 0 Å². The van der Waals surface area contributed by atoms with E-state index in [1.807, 2.05) is 36.9 Å². The molecule has 1 saturated heterocycles. The number of amides is 1. The van der Waals surface area contributed by atoms with Gasteiger partial charge in [-0.2, -0.15) is 0 Å². The molecule has 24 heavy (non-hydrogen) atoms. The third-order valence-corrected chi connectivity index (χ3v) is 4.53. The van der Waals surface area contributed by atoms with Crippen LogP contribution in [0.5, 0.6) is 5.75 Å². The number of ether oxygens (including phenoxy) is 1. The molecule has 1 heterocycles. The average molecular weight is 334 g/mol. The normalized spacial score (nSPS) is 18.1. The first-order chi connectivity index (χ1) is 11.3. The molecule has 132 valence electrons. The van der Waals surface area contributed by atoms with Gasteiger partial charge in [0.05, 0.1) is 0 Å². The number of rotatable bonds is 5. The van der Waals surface area contributed by atoms with Crippen LogP contribution >= 0.6 is 0 Å². The molecule has 0 aliphatic carbocycles. The molecule has 0 unspecified atom stereocenters. The highest BCUT2D eigenvalue weighted by molar-refractivity contribution is 5.81. The third kappa shape index (κ3) is 4.26. The molecule has 0 radical (unpaired) electrons. The average Bonchev–Trinajstić information content (AvgIpc) is 2.56. The second kappa shape index (κ2) is 7.66. The van der Waals surface area contributed by atoms with Crippen LogP contribution < -0.4 is 4.74 Å². The van der Waals surface area contributed by atoms with Crippen LogP contribution in [0.15, 0.2) is 18.2 Å². The first-order valence-electron chi connectivity index (χ1n) is 8.29. The Morgan fingerprint density at radius 2 is 1.75 bits per heavy atom. The Balaban J connectivity index is 1.92. The van der Waals surface area contributed by atoms with Crippen molar-refractivity contribution in [3.8, 4) is 5.75 Å². The predicted octanol–water partition coefficient (Wildman–Crippen LogP) is 1.69. The molecule has 0 spiro atoms. The summed E-state index contributed by atoms with van der Waals surface area (Å²) in [5.41, 5.74) is 2.09. The molecule has 1 fully saturated rings. The summed E-state index contributed by atoms with van der Waals surface area (Å²) >= 11 is 0. The van der Waals surface area contributed by atoms with Gasteiger partial charge in [-0.05, 0) is 44.9 Å². The fourth-order valence-electron chi connectivity index (χ4n) is 2.82. The van der Waals surface area contributed by atoms with E-state index >= 15 is 0 Å². The lowest BCUT2D eigenvalue weighted by Crippen LogP contribution is -2.55. The molecule has 1 aliphatic heterocycles. The molecule has 6 nitrogen and oxygen atoms in total. The predicted molar refractivity (Wildman–Crippen MR) is 91.3 cm³/mol. The highest BCUT2D eigenvalue weighted by Crippen LogP contribution is 2.21. The lowest BCUT2D eigenvalue weighted by Gasteiger charge is -2.37. The van der Waals surface area contributed by atoms with Crippen LogP contribution in [0, 0.1) is 13.8 Å². The Morgan fingerprint density at radius 1 is 1.12 bits per heavy atom. The summed E-state index contributed by atoms with van der Waals surface area (Å²) in [4.78, 5) is 27.2. The van der Waals surface area contributed by atoms with Crippen molar-refractivity contribution in [3.63, 3.8) is 0 Å². The van der Waals surface area contributed by atoms with Crippen molar-refractivity contribution >= 4 is 11.9 Å². The number of carboxylic acids is 1. The number of carboxylic acid groups (broad SMARTS) is 1. The standard InChI is InChI=1S/C18H26N2O4/c1-12-5-6-13(2)16(11-12)24-15(4)17(21)20-9-7-19(8-10-20)14(3)18(22)23/h5-6,11,14-15H,7-10H2,1-4H3,(H,22,23)/t14-,15+/m1/s1. The number of carbonyl (C=O) groups is 2. The summed E-state index contributed by atoms with van der Waals surface area (Å²) in [5, 5.41) is 9.07. The topological polar surface area (TPSA) is 70.1 Å². The summed E-state index contributed by atoms with van der Waals surface area (Å²) in [6.45, 7) is 9.56. The smallest absolute Gasteiger partial charge is 0.320 e. The second-order valence-electron chi connectivity index (χ2n) is 6.40. The Labute approximate surface area is 143 Å². The van der Waals surface area contributed by atoms with Crippen molar-refractivity contribution in [2.75, 3.05) is 26.2 Å². The minimum atomic E-state index is -0.832. The number of hydrogen-bond donors (Lipinski definition) is 1. The van der Waals surface area contributed by atoms with Gasteiger partial charge in [0.25, 0.3) is 5.91 Å². The zero-order valence-electron chi connectivity index (χ0n) is 14.8. The number of benzene rings is 1. The van der Waals surface area contributed by atoms with Crippen molar-refractivity contribution in [1.29, 1.82) is 0 Å². The van der Waals surface area contributed by atoms with E-state index in [1.165, 1.54) is 0 Å². The Kier molecular flexibility index (Phi) is 5.83. The fraction of sp³-hybridized carbons (Fsp3) is 0.556. The summed E-state index contributed by atoms with van der Waals surface area (Å²) in [5.74, 6) is -0.158. The van der Waals surface area contributed by atoms with E-state index in [1.54, 1.807) is 18.7 Å². The zero-order chi connectivity index (χ0) is 17.9. The number of aryl methyl sites for hydroxylation is 2. The van der Waals surface area contributed by atoms with Gasteiger partial charge in [0.1, 0.15) is 11.8 Å². The molecule has 1 aliphatic rings. The highest BCUT2D eigenvalue weighted by Gasteiger charge is 2.29. The molecule has 0 saturated carbocycles. The van der Waals surface area contributed by atoms with E-state index in [0.717, 1.165) is 16.9 Å². The van der Waals surface area contributed by atoms with E-state index in [-0.39, 0.29) is 5.91 Å². The van der Waals surface area contributed by atoms with Crippen LogP contribution in [0.2, 0.25) is 0 Å². The van der Waals surface area contributed by atoms with Crippen LogP contribution in [-0.4, -0.2) is 65.1 Å². The quantitative estimate of drug-likeness (QED) is 0.887. The molecule has 0 aromatic heterocycles. The van der Waals surface area contributed by atoms with Gasteiger partial charge in [-0.15, -0.1) is 0 Å². The minimum Gasteiger partial charge on any atom is -0.481 e. The molecule has 1 N–H and O–H groups in total. The summed E-state index contributed by atoms with van der Waals surface area (Å²) in [6.07, 6.45) is -0.561. The van der Waals surface area contributed by atoms with Gasteiger partial charge in [-0.25, -0.2) is 0 Å².